The molecule has 1 aromatic heterocycles. The molecular formula is C22H25N3O3S. The quantitative estimate of drug-likeness (QED) is 0.591. The lowest BCUT2D eigenvalue weighted by molar-refractivity contribution is -0.0447. The van der Waals surface area contributed by atoms with Crippen LogP contribution in [0.25, 0.3) is 10.2 Å². The molecule has 1 aliphatic rings. The number of carbonyl (C=O) groups excluding carboxylic acids is 1. The van der Waals surface area contributed by atoms with Crippen molar-refractivity contribution in [3.8, 4) is 0 Å². The molecule has 29 heavy (non-hydrogen) atoms. The van der Waals surface area contributed by atoms with Gasteiger partial charge >= 0.3 is 6.03 Å². The molecule has 2 amide bonds. The highest BCUT2D eigenvalue weighted by Gasteiger charge is 2.13. The van der Waals surface area contributed by atoms with Crippen LogP contribution in [0.5, 0.6) is 0 Å². The molecule has 2 aromatic carbocycles. The van der Waals surface area contributed by atoms with Crippen LogP contribution in [0, 0.1) is 0 Å². The molecule has 1 aliphatic heterocycles. The minimum atomic E-state index is -0.252. The van der Waals surface area contributed by atoms with Crippen LogP contribution in [-0.2, 0) is 22.6 Å². The first-order valence-electron chi connectivity index (χ1n) is 9.94. The molecule has 2 N–H and O–H groups in total. The molecule has 1 fully saturated rings. The van der Waals surface area contributed by atoms with Gasteiger partial charge in [-0.1, -0.05) is 24.3 Å². The summed E-state index contributed by atoms with van der Waals surface area (Å²) >= 11 is 1.59. The number of aromatic nitrogens is 1. The number of nitrogens with one attached hydrogen (secondary N) is 2. The molecule has 2 heterocycles. The number of para-hydroxylation sites is 1. The van der Waals surface area contributed by atoms with Gasteiger partial charge in [0.05, 0.1) is 36.1 Å². The summed E-state index contributed by atoms with van der Waals surface area (Å²) in [6.07, 6.45) is 3.62. The minimum Gasteiger partial charge on any atom is -0.376 e. The number of benzene rings is 2. The Morgan fingerprint density at radius 3 is 3.00 bits per heavy atom. The van der Waals surface area contributed by atoms with Gasteiger partial charge in [-0.3, -0.25) is 0 Å². The highest BCUT2D eigenvalue weighted by molar-refractivity contribution is 7.18. The lowest BCUT2D eigenvalue weighted by Crippen LogP contribution is -2.28. The third kappa shape index (κ3) is 5.76. The van der Waals surface area contributed by atoms with Crippen LogP contribution >= 0.6 is 11.3 Å². The van der Waals surface area contributed by atoms with Crippen molar-refractivity contribution in [2.45, 2.75) is 38.5 Å². The van der Waals surface area contributed by atoms with Gasteiger partial charge in [0.15, 0.2) is 0 Å². The summed E-state index contributed by atoms with van der Waals surface area (Å²) in [5.41, 5.74) is 2.72. The number of nitrogens with zero attached hydrogens (tertiary/aromatic N) is 1. The van der Waals surface area contributed by atoms with Crippen molar-refractivity contribution in [1.82, 2.24) is 10.3 Å². The number of anilines is 1. The molecule has 3 aromatic rings. The first kappa shape index (κ1) is 19.8. The number of fused-ring (bicyclic) bond motifs is 1. The monoisotopic (exact) mass is 411 g/mol. The van der Waals surface area contributed by atoms with E-state index in [2.05, 4.69) is 15.6 Å². The molecule has 1 atom stereocenters. The predicted octanol–water partition coefficient (Wildman–Crippen LogP) is 4.70. The molecule has 6 nitrogen and oxygen atoms in total. The number of thiazole rings is 1. The lowest BCUT2D eigenvalue weighted by Gasteiger charge is -2.22. The fraction of sp³-hybridized carbons (Fsp3) is 0.364. The first-order valence-corrected chi connectivity index (χ1v) is 10.8. The molecule has 0 radical (unpaired) electrons. The molecule has 4 rings (SSSR count). The Bertz CT molecular complexity index is 920. The van der Waals surface area contributed by atoms with E-state index in [4.69, 9.17) is 9.47 Å². The number of rotatable bonds is 7. The summed E-state index contributed by atoms with van der Waals surface area (Å²) in [5.74, 6) is 0. The van der Waals surface area contributed by atoms with E-state index in [1.807, 2.05) is 48.5 Å². The fourth-order valence-corrected chi connectivity index (χ4v) is 4.22. The Kier molecular flexibility index (Phi) is 6.71. The van der Waals surface area contributed by atoms with Crippen LogP contribution in [0.3, 0.4) is 0 Å². The van der Waals surface area contributed by atoms with Gasteiger partial charge in [-0.05, 0) is 49.1 Å². The third-order valence-electron chi connectivity index (χ3n) is 4.77. The Balaban J connectivity index is 1.24. The maximum atomic E-state index is 12.2. The topological polar surface area (TPSA) is 72.5 Å². The van der Waals surface area contributed by atoms with Crippen molar-refractivity contribution in [2.75, 3.05) is 18.5 Å². The summed E-state index contributed by atoms with van der Waals surface area (Å²) in [7, 11) is 0. The summed E-state index contributed by atoms with van der Waals surface area (Å²) in [5, 5.41) is 6.62. The maximum absolute atomic E-state index is 12.2. The van der Waals surface area contributed by atoms with Crippen molar-refractivity contribution in [1.29, 1.82) is 0 Å². The highest BCUT2D eigenvalue weighted by atomic mass is 32.1. The normalized spacial score (nSPS) is 16.6. The van der Waals surface area contributed by atoms with Crippen LogP contribution < -0.4 is 10.6 Å². The van der Waals surface area contributed by atoms with Gasteiger partial charge in [-0.15, -0.1) is 11.3 Å². The largest absolute Gasteiger partial charge is 0.376 e. The Morgan fingerprint density at radius 2 is 2.14 bits per heavy atom. The number of amides is 2. The van der Waals surface area contributed by atoms with E-state index in [1.54, 1.807) is 11.3 Å². The molecule has 0 saturated carbocycles. The van der Waals surface area contributed by atoms with Gasteiger partial charge in [-0.25, -0.2) is 9.78 Å². The van der Waals surface area contributed by atoms with Gasteiger partial charge in [0, 0.05) is 12.3 Å². The Hall–Kier alpha value is -2.48. The summed E-state index contributed by atoms with van der Waals surface area (Å²) in [4.78, 5) is 16.8. The number of urea groups is 1. The molecule has 7 heteroatoms. The zero-order chi connectivity index (χ0) is 19.9. The van der Waals surface area contributed by atoms with Crippen molar-refractivity contribution in [3.63, 3.8) is 0 Å². The van der Waals surface area contributed by atoms with Gasteiger partial charge in [0.25, 0.3) is 0 Å². The number of hydrogen-bond donors (Lipinski definition) is 2. The van der Waals surface area contributed by atoms with Crippen molar-refractivity contribution >= 4 is 33.3 Å². The maximum Gasteiger partial charge on any atom is 0.319 e. The van der Waals surface area contributed by atoms with Crippen molar-refractivity contribution < 1.29 is 14.3 Å². The van der Waals surface area contributed by atoms with Gasteiger partial charge in [0.2, 0.25) is 0 Å². The van der Waals surface area contributed by atoms with Crippen LogP contribution in [-0.4, -0.2) is 30.3 Å². The van der Waals surface area contributed by atoms with E-state index >= 15 is 0 Å². The summed E-state index contributed by atoms with van der Waals surface area (Å²) < 4.78 is 12.6. The second-order valence-corrected chi connectivity index (χ2v) is 8.20. The molecular weight excluding hydrogens is 386 g/mol. The van der Waals surface area contributed by atoms with E-state index in [0.29, 0.717) is 19.8 Å². The Labute approximate surface area is 174 Å². The zero-order valence-corrected chi connectivity index (χ0v) is 17.0. The predicted molar refractivity (Wildman–Crippen MR) is 115 cm³/mol. The number of ether oxygens (including phenoxy) is 2. The van der Waals surface area contributed by atoms with E-state index in [-0.39, 0.29) is 12.1 Å². The molecule has 152 valence electrons. The smallest absolute Gasteiger partial charge is 0.319 e. The average molecular weight is 412 g/mol. The Morgan fingerprint density at radius 1 is 1.21 bits per heavy atom. The van der Waals surface area contributed by atoms with Gasteiger partial charge < -0.3 is 20.1 Å². The molecule has 0 bridgehead atoms. The third-order valence-corrected chi connectivity index (χ3v) is 5.81. The van der Waals surface area contributed by atoms with Crippen LogP contribution in [0.15, 0.2) is 48.5 Å². The van der Waals surface area contributed by atoms with Crippen LogP contribution in [0.2, 0.25) is 0 Å². The van der Waals surface area contributed by atoms with E-state index < -0.39 is 0 Å². The molecule has 0 spiro atoms. The van der Waals surface area contributed by atoms with Crippen molar-refractivity contribution in [3.05, 3.63) is 59.1 Å². The standard InChI is InChI=1S/C22H25N3O3S/c26-22(23-13-21-25-19-9-1-2-10-20(19)29-21)24-17-7-5-6-16(12-17)14-27-15-18-8-3-4-11-28-18/h1-2,5-7,9-10,12,18H,3-4,8,11,13-15H2,(H2,23,24,26). The lowest BCUT2D eigenvalue weighted by atomic mass is 10.1. The summed E-state index contributed by atoms with van der Waals surface area (Å²) in [6.45, 7) is 2.35. The number of carbonyl (C=O) groups is 1. The SMILES string of the molecule is O=C(NCc1nc2ccccc2s1)Nc1cccc(COCC2CCCCO2)c1. The van der Waals surface area contributed by atoms with E-state index in [9.17, 15) is 4.79 Å². The van der Waals surface area contributed by atoms with Crippen LogP contribution in [0.1, 0.15) is 29.8 Å². The molecule has 1 saturated heterocycles. The van der Waals surface area contributed by atoms with E-state index in [1.165, 1.54) is 6.42 Å². The highest BCUT2D eigenvalue weighted by Crippen LogP contribution is 2.21. The van der Waals surface area contributed by atoms with Gasteiger partial charge in [-0.2, -0.15) is 0 Å². The zero-order valence-electron chi connectivity index (χ0n) is 16.2. The van der Waals surface area contributed by atoms with E-state index in [0.717, 1.165) is 45.9 Å². The molecule has 1 unspecified atom stereocenters. The van der Waals surface area contributed by atoms with Crippen molar-refractivity contribution in [2.24, 2.45) is 0 Å². The average Bonchev–Trinajstić information content (AvgIpc) is 3.16. The summed E-state index contributed by atoms with van der Waals surface area (Å²) in [6, 6.07) is 15.4. The van der Waals surface area contributed by atoms with Crippen LogP contribution in [0.4, 0.5) is 10.5 Å². The fourth-order valence-electron chi connectivity index (χ4n) is 3.31. The second kappa shape index (κ2) is 9.82. The van der Waals surface area contributed by atoms with Gasteiger partial charge in [0.1, 0.15) is 5.01 Å². The first-order chi connectivity index (χ1) is 14.3. The second-order valence-electron chi connectivity index (χ2n) is 7.09. The number of hydrogen-bond acceptors (Lipinski definition) is 5. The minimum absolute atomic E-state index is 0.207. The molecule has 0 aliphatic carbocycles.